The lowest BCUT2D eigenvalue weighted by Crippen LogP contribution is -2.24. The second-order valence-electron chi connectivity index (χ2n) is 6.22. The van der Waals surface area contributed by atoms with E-state index >= 15 is 0 Å². The van der Waals surface area contributed by atoms with Crippen LogP contribution < -0.4 is 10.9 Å². The van der Waals surface area contributed by atoms with E-state index in [9.17, 15) is 14.4 Å². The van der Waals surface area contributed by atoms with Gasteiger partial charge in [-0.25, -0.2) is 4.98 Å². The third kappa shape index (κ3) is 4.79. The normalized spacial score (nSPS) is 10.7. The summed E-state index contributed by atoms with van der Waals surface area (Å²) in [5, 5.41) is 5.03. The van der Waals surface area contributed by atoms with E-state index in [-0.39, 0.29) is 25.1 Å². The molecule has 7 nitrogen and oxygen atoms in total. The number of anilines is 1. The Bertz CT molecular complexity index is 1030. The van der Waals surface area contributed by atoms with Gasteiger partial charge in [-0.05, 0) is 48.6 Å². The van der Waals surface area contributed by atoms with E-state index in [4.69, 9.17) is 4.74 Å². The zero-order valence-corrected chi connectivity index (χ0v) is 15.8. The molecule has 0 aliphatic carbocycles. The van der Waals surface area contributed by atoms with Crippen LogP contribution in [-0.4, -0.2) is 28.0 Å². The van der Waals surface area contributed by atoms with Crippen LogP contribution >= 0.6 is 11.3 Å². The van der Waals surface area contributed by atoms with Crippen molar-refractivity contribution in [2.45, 2.75) is 26.8 Å². The highest BCUT2D eigenvalue weighted by Crippen LogP contribution is 2.14. The van der Waals surface area contributed by atoms with Crippen molar-refractivity contribution in [1.82, 2.24) is 9.55 Å². The van der Waals surface area contributed by atoms with Crippen LogP contribution in [0.25, 0.3) is 10.2 Å². The Morgan fingerprint density at radius 2 is 1.96 bits per heavy atom. The average Bonchev–Trinajstić information content (AvgIpc) is 3.08. The molecule has 140 valence electrons. The monoisotopic (exact) mass is 385 g/mol. The number of rotatable bonds is 6. The van der Waals surface area contributed by atoms with Crippen LogP contribution in [0.3, 0.4) is 0 Å². The number of fused-ring (bicyclic) bond motifs is 1. The summed E-state index contributed by atoms with van der Waals surface area (Å²) >= 11 is 1.39. The molecule has 2 heterocycles. The molecule has 0 radical (unpaired) electrons. The van der Waals surface area contributed by atoms with E-state index in [1.807, 2.05) is 32.0 Å². The first-order chi connectivity index (χ1) is 12.9. The molecule has 1 N–H and O–H groups in total. The summed E-state index contributed by atoms with van der Waals surface area (Å²) in [7, 11) is 0. The largest absolute Gasteiger partial charge is 0.456 e. The quantitative estimate of drug-likeness (QED) is 0.659. The molecule has 3 rings (SSSR count). The van der Waals surface area contributed by atoms with Gasteiger partial charge in [-0.15, -0.1) is 11.3 Å². The van der Waals surface area contributed by atoms with Crippen LogP contribution in [0.4, 0.5) is 5.69 Å². The van der Waals surface area contributed by atoms with Gasteiger partial charge in [0.05, 0.1) is 18.1 Å². The standard InChI is InChI=1S/C19H19N3O4S/c1-12-7-13(2)9-14(8-12)21-16(23)10-26-17(24)3-5-22-11-20-18-15(19(22)25)4-6-27-18/h4,6-9,11H,3,5,10H2,1-2H3,(H,21,23). The summed E-state index contributed by atoms with van der Waals surface area (Å²) in [5.74, 6) is -0.963. The highest BCUT2D eigenvalue weighted by atomic mass is 32.1. The molecule has 0 bridgehead atoms. The van der Waals surface area contributed by atoms with Crippen molar-refractivity contribution in [2.75, 3.05) is 11.9 Å². The fourth-order valence-corrected chi connectivity index (χ4v) is 3.45. The Hall–Kier alpha value is -3.00. The first-order valence-electron chi connectivity index (χ1n) is 8.39. The molecule has 1 amide bonds. The smallest absolute Gasteiger partial charge is 0.308 e. The van der Waals surface area contributed by atoms with Crippen LogP contribution in [0.15, 0.2) is 40.8 Å². The number of thiophene rings is 1. The van der Waals surface area contributed by atoms with Crippen LogP contribution in [0.5, 0.6) is 0 Å². The zero-order chi connectivity index (χ0) is 19.4. The van der Waals surface area contributed by atoms with Crippen molar-refractivity contribution in [1.29, 1.82) is 0 Å². The van der Waals surface area contributed by atoms with Gasteiger partial charge >= 0.3 is 5.97 Å². The van der Waals surface area contributed by atoms with Crippen LogP contribution in [0.1, 0.15) is 17.5 Å². The molecule has 0 saturated carbocycles. The summed E-state index contributed by atoms with van der Waals surface area (Å²) in [5.41, 5.74) is 2.53. The van der Waals surface area contributed by atoms with Gasteiger partial charge in [0.2, 0.25) is 0 Å². The Morgan fingerprint density at radius 1 is 1.22 bits per heavy atom. The van der Waals surface area contributed by atoms with Crippen LogP contribution in [0, 0.1) is 13.8 Å². The number of ether oxygens (including phenoxy) is 1. The van der Waals surface area contributed by atoms with Gasteiger partial charge in [0.15, 0.2) is 6.61 Å². The van der Waals surface area contributed by atoms with Gasteiger partial charge in [-0.3, -0.25) is 19.0 Å². The number of nitrogens with one attached hydrogen (secondary N) is 1. The summed E-state index contributed by atoms with van der Waals surface area (Å²) < 4.78 is 6.35. The third-order valence-corrected chi connectivity index (χ3v) is 4.70. The number of carbonyl (C=O) groups is 2. The lowest BCUT2D eigenvalue weighted by Gasteiger charge is -2.09. The maximum atomic E-state index is 12.2. The van der Waals surface area contributed by atoms with E-state index in [1.165, 1.54) is 22.2 Å². The molecule has 3 aromatic rings. The van der Waals surface area contributed by atoms with Gasteiger partial charge in [0.1, 0.15) is 4.83 Å². The number of benzene rings is 1. The lowest BCUT2D eigenvalue weighted by atomic mass is 10.1. The highest BCUT2D eigenvalue weighted by Gasteiger charge is 2.10. The minimum Gasteiger partial charge on any atom is -0.456 e. The second-order valence-corrected chi connectivity index (χ2v) is 7.11. The fourth-order valence-electron chi connectivity index (χ4n) is 2.73. The van der Waals surface area contributed by atoms with E-state index in [1.54, 1.807) is 11.4 Å². The molecule has 8 heteroatoms. The van der Waals surface area contributed by atoms with Crippen molar-refractivity contribution in [2.24, 2.45) is 0 Å². The Balaban J connectivity index is 1.49. The molecular formula is C19H19N3O4S. The Kier molecular flexibility index (Phi) is 5.66. The van der Waals surface area contributed by atoms with Crippen LogP contribution in [0.2, 0.25) is 0 Å². The molecular weight excluding hydrogens is 366 g/mol. The first kappa shape index (κ1) is 18.8. The molecule has 27 heavy (non-hydrogen) atoms. The van der Waals surface area contributed by atoms with Crippen molar-refractivity contribution in [3.05, 3.63) is 57.5 Å². The van der Waals surface area contributed by atoms with E-state index in [0.717, 1.165) is 11.1 Å². The second kappa shape index (κ2) is 8.13. The van der Waals surface area contributed by atoms with Gasteiger partial charge < -0.3 is 10.1 Å². The third-order valence-electron chi connectivity index (χ3n) is 3.88. The fraction of sp³-hybridized carbons (Fsp3) is 0.263. The van der Waals surface area contributed by atoms with E-state index < -0.39 is 11.9 Å². The first-order valence-corrected chi connectivity index (χ1v) is 9.27. The minimum atomic E-state index is -0.553. The van der Waals surface area contributed by atoms with E-state index in [2.05, 4.69) is 10.3 Å². The zero-order valence-electron chi connectivity index (χ0n) is 15.0. The number of amides is 1. The summed E-state index contributed by atoms with van der Waals surface area (Å²) in [6.45, 7) is 3.65. The number of aryl methyl sites for hydroxylation is 3. The molecule has 0 spiro atoms. The number of aromatic nitrogens is 2. The summed E-state index contributed by atoms with van der Waals surface area (Å²) in [4.78, 5) is 40.9. The maximum absolute atomic E-state index is 12.2. The van der Waals surface area contributed by atoms with Crippen molar-refractivity contribution >= 4 is 39.1 Å². The molecule has 0 fully saturated rings. The predicted octanol–water partition coefficient (Wildman–Crippen LogP) is 2.65. The molecule has 0 aliphatic rings. The van der Waals surface area contributed by atoms with Gasteiger partial charge in [-0.2, -0.15) is 0 Å². The number of nitrogens with zero attached hydrogens (tertiary/aromatic N) is 2. The SMILES string of the molecule is Cc1cc(C)cc(NC(=O)COC(=O)CCn2cnc3sccc3c2=O)c1. The number of esters is 1. The van der Waals surface area contributed by atoms with Crippen LogP contribution in [-0.2, 0) is 20.9 Å². The molecule has 0 atom stereocenters. The molecule has 1 aromatic carbocycles. The average molecular weight is 385 g/mol. The number of carbonyl (C=O) groups excluding carboxylic acids is 2. The van der Waals surface area contributed by atoms with Crippen molar-refractivity contribution in [3.63, 3.8) is 0 Å². The van der Waals surface area contributed by atoms with Crippen molar-refractivity contribution in [3.8, 4) is 0 Å². The number of hydrogen-bond donors (Lipinski definition) is 1. The maximum Gasteiger partial charge on any atom is 0.308 e. The summed E-state index contributed by atoms with van der Waals surface area (Å²) in [6.07, 6.45) is 1.40. The predicted molar refractivity (Wildman–Crippen MR) is 104 cm³/mol. The number of hydrogen-bond acceptors (Lipinski definition) is 6. The van der Waals surface area contributed by atoms with E-state index in [0.29, 0.717) is 15.9 Å². The molecule has 0 unspecified atom stereocenters. The van der Waals surface area contributed by atoms with Gasteiger partial charge in [0.25, 0.3) is 11.5 Å². The highest BCUT2D eigenvalue weighted by molar-refractivity contribution is 7.16. The van der Waals surface area contributed by atoms with Crippen molar-refractivity contribution < 1.29 is 14.3 Å². The van der Waals surface area contributed by atoms with Gasteiger partial charge in [0, 0.05) is 12.2 Å². The Labute approximate surface area is 159 Å². The minimum absolute atomic E-state index is 0.0198. The molecule has 0 aliphatic heterocycles. The van der Waals surface area contributed by atoms with Gasteiger partial charge in [-0.1, -0.05) is 6.07 Å². The summed E-state index contributed by atoms with van der Waals surface area (Å²) in [6, 6.07) is 7.39. The topological polar surface area (TPSA) is 90.3 Å². The molecule has 0 saturated heterocycles. The Morgan fingerprint density at radius 3 is 2.70 bits per heavy atom. The lowest BCUT2D eigenvalue weighted by molar-refractivity contribution is -0.147. The molecule has 2 aromatic heterocycles.